The Morgan fingerprint density at radius 3 is 2.61 bits per heavy atom. The highest BCUT2D eigenvalue weighted by Crippen LogP contribution is 2.32. The molecule has 0 radical (unpaired) electrons. The normalized spacial score (nSPS) is 12.4. The molecule has 1 atom stereocenters. The first-order chi connectivity index (χ1) is 14.8. The van der Waals surface area contributed by atoms with Crippen molar-refractivity contribution in [2.75, 3.05) is 38.3 Å². The fraction of sp³-hybridized carbons (Fsp3) is 0.524. The standard InChI is InChI=1S/C21H31N7O3/c1-13(2)27(5)21-24-17-18(19(25-21)23-16-10-14(3)8-9-22-16)28(11-15(4)30-7)26-20(17)31-12-29-6/h8-10,13,15H,11-12H2,1-7H3,(H,22,23,24,25)/t15-/m0/s1. The van der Waals surface area contributed by atoms with Gasteiger partial charge in [-0.05, 0) is 45.4 Å². The fourth-order valence-electron chi connectivity index (χ4n) is 2.91. The molecule has 0 spiro atoms. The molecule has 0 aliphatic rings. The van der Waals surface area contributed by atoms with E-state index in [1.807, 2.05) is 37.9 Å². The number of rotatable bonds is 10. The van der Waals surface area contributed by atoms with Gasteiger partial charge in [-0.2, -0.15) is 4.98 Å². The molecule has 0 aromatic carbocycles. The highest BCUT2D eigenvalue weighted by atomic mass is 16.7. The van der Waals surface area contributed by atoms with Gasteiger partial charge in [0, 0.05) is 33.5 Å². The number of hydrogen-bond donors (Lipinski definition) is 1. The zero-order valence-electron chi connectivity index (χ0n) is 19.2. The Balaban J connectivity index is 2.21. The molecule has 1 N–H and O–H groups in total. The van der Waals surface area contributed by atoms with Crippen molar-refractivity contribution < 1.29 is 14.2 Å². The third-order valence-electron chi connectivity index (χ3n) is 4.94. The molecule has 10 heteroatoms. The van der Waals surface area contributed by atoms with Crippen LogP contribution in [0.3, 0.4) is 0 Å². The van der Waals surface area contributed by atoms with Crippen molar-refractivity contribution in [1.82, 2.24) is 24.7 Å². The van der Waals surface area contributed by atoms with Gasteiger partial charge in [-0.1, -0.05) is 0 Å². The van der Waals surface area contributed by atoms with Gasteiger partial charge in [0.2, 0.25) is 5.95 Å². The highest BCUT2D eigenvalue weighted by molar-refractivity contribution is 5.92. The van der Waals surface area contributed by atoms with E-state index in [0.717, 1.165) is 5.56 Å². The molecule has 0 fully saturated rings. The van der Waals surface area contributed by atoms with Gasteiger partial charge in [0.05, 0.1) is 12.6 Å². The maximum absolute atomic E-state index is 5.74. The molecule has 3 aromatic rings. The minimum Gasteiger partial charge on any atom is -0.448 e. The lowest BCUT2D eigenvalue weighted by molar-refractivity contribution is 0.0475. The second-order valence-electron chi connectivity index (χ2n) is 7.70. The number of anilines is 3. The number of nitrogens with one attached hydrogen (secondary N) is 1. The van der Waals surface area contributed by atoms with Gasteiger partial charge in [-0.25, -0.2) is 9.97 Å². The molecule has 3 heterocycles. The average molecular weight is 430 g/mol. The van der Waals surface area contributed by atoms with E-state index in [9.17, 15) is 0 Å². The number of aromatic nitrogens is 5. The number of ether oxygens (including phenoxy) is 3. The SMILES string of the molecule is COCOc1nn(C[C@H](C)OC)c2c(Nc3cc(C)ccn3)nc(N(C)C(C)C)nc12. The van der Waals surface area contributed by atoms with Crippen LogP contribution in [0.25, 0.3) is 11.0 Å². The van der Waals surface area contributed by atoms with Gasteiger partial charge in [0.1, 0.15) is 11.3 Å². The van der Waals surface area contributed by atoms with Crippen molar-refractivity contribution in [3.8, 4) is 5.88 Å². The Labute approximate surface area is 182 Å². The van der Waals surface area contributed by atoms with Gasteiger partial charge < -0.3 is 24.4 Å². The third kappa shape index (κ3) is 5.20. The zero-order valence-corrected chi connectivity index (χ0v) is 19.2. The summed E-state index contributed by atoms with van der Waals surface area (Å²) in [4.78, 5) is 16.0. The Bertz CT molecular complexity index is 1020. The van der Waals surface area contributed by atoms with Gasteiger partial charge >= 0.3 is 0 Å². The number of methoxy groups -OCH3 is 2. The predicted molar refractivity (Wildman–Crippen MR) is 120 cm³/mol. The van der Waals surface area contributed by atoms with Crippen LogP contribution in [0.2, 0.25) is 0 Å². The van der Waals surface area contributed by atoms with E-state index < -0.39 is 0 Å². The largest absolute Gasteiger partial charge is 0.448 e. The summed E-state index contributed by atoms with van der Waals surface area (Å²) in [6.45, 7) is 8.71. The maximum atomic E-state index is 5.74. The second kappa shape index (κ2) is 9.88. The monoisotopic (exact) mass is 429 g/mol. The number of aryl methyl sites for hydroxylation is 1. The van der Waals surface area contributed by atoms with Gasteiger partial charge in [-0.3, -0.25) is 4.68 Å². The first kappa shape index (κ1) is 22.7. The van der Waals surface area contributed by atoms with Crippen LogP contribution in [-0.2, 0) is 16.0 Å². The summed E-state index contributed by atoms with van der Waals surface area (Å²) in [5, 5.41) is 7.98. The predicted octanol–water partition coefficient (Wildman–Crippen LogP) is 3.14. The van der Waals surface area contributed by atoms with Gasteiger partial charge in [0.25, 0.3) is 5.88 Å². The van der Waals surface area contributed by atoms with E-state index in [0.29, 0.717) is 41.0 Å². The molecule has 3 aromatic heterocycles. The van der Waals surface area contributed by atoms with Crippen LogP contribution in [0.1, 0.15) is 26.3 Å². The lowest BCUT2D eigenvalue weighted by Crippen LogP contribution is -2.28. The summed E-state index contributed by atoms with van der Waals surface area (Å²) in [5.41, 5.74) is 2.39. The quantitative estimate of drug-likeness (QED) is 0.487. The first-order valence-electron chi connectivity index (χ1n) is 10.2. The minimum atomic E-state index is -0.0682. The van der Waals surface area contributed by atoms with Crippen molar-refractivity contribution in [2.45, 2.75) is 46.4 Å². The van der Waals surface area contributed by atoms with Crippen LogP contribution in [0.5, 0.6) is 5.88 Å². The molecular weight excluding hydrogens is 398 g/mol. The fourth-order valence-corrected chi connectivity index (χ4v) is 2.91. The Morgan fingerprint density at radius 1 is 1.19 bits per heavy atom. The molecular formula is C21H31N7O3. The van der Waals surface area contributed by atoms with Crippen LogP contribution >= 0.6 is 0 Å². The average Bonchev–Trinajstić information content (AvgIpc) is 3.08. The Kier molecular flexibility index (Phi) is 7.24. The van der Waals surface area contributed by atoms with E-state index in [1.165, 1.54) is 0 Å². The summed E-state index contributed by atoms with van der Waals surface area (Å²) in [6, 6.07) is 4.11. The van der Waals surface area contributed by atoms with E-state index in [1.54, 1.807) is 25.1 Å². The van der Waals surface area contributed by atoms with E-state index >= 15 is 0 Å². The molecule has 0 aliphatic carbocycles. The van der Waals surface area contributed by atoms with Gasteiger partial charge in [-0.15, -0.1) is 5.10 Å². The number of fused-ring (bicyclic) bond motifs is 1. The number of nitrogens with zero attached hydrogens (tertiary/aromatic N) is 6. The van der Waals surface area contributed by atoms with E-state index in [4.69, 9.17) is 24.2 Å². The summed E-state index contributed by atoms with van der Waals surface area (Å²) in [7, 11) is 5.18. The second-order valence-corrected chi connectivity index (χ2v) is 7.70. The lowest BCUT2D eigenvalue weighted by Gasteiger charge is -2.22. The van der Waals surface area contributed by atoms with Crippen molar-refractivity contribution in [3.63, 3.8) is 0 Å². The summed E-state index contributed by atoms with van der Waals surface area (Å²) < 4.78 is 18.1. The molecule has 10 nitrogen and oxygen atoms in total. The smallest absolute Gasteiger partial charge is 0.262 e. The van der Waals surface area contributed by atoms with Crippen molar-refractivity contribution >= 4 is 28.6 Å². The molecule has 31 heavy (non-hydrogen) atoms. The van der Waals surface area contributed by atoms with Crippen LogP contribution in [0.15, 0.2) is 18.3 Å². The van der Waals surface area contributed by atoms with E-state index in [-0.39, 0.29) is 18.9 Å². The van der Waals surface area contributed by atoms with Crippen molar-refractivity contribution in [1.29, 1.82) is 0 Å². The van der Waals surface area contributed by atoms with Crippen LogP contribution in [-0.4, -0.2) is 64.9 Å². The molecule has 0 saturated heterocycles. The van der Waals surface area contributed by atoms with Crippen molar-refractivity contribution in [2.24, 2.45) is 0 Å². The number of hydrogen-bond acceptors (Lipinski definition) is 9. The molecule has 0 bridgehead atoms. The minimum absolute atomic E-state index is 0.0630. The van der Waals surface area contributed by atoms with Crippen LogP contribution < -0.4 is 15.0 Å². The van der Waals surface area contributed by atoms with Crippen molar-refractivity contribution in [3.05, 3.63) is 23.9 Å². The summed E-state index contributed by atoms with van der Waals surface area (Å²) in [6.07, 6.45) is 1.69. The van der Waals surface area contributed by atoms with Gasteiger partial charge in [0.15, 0.2) is 18.1 Å². The summed E-state index contributed by atoms with van der Waals surface area (Å²) >= 11 is 0. The molecule has 168 valence electrons. The Morgan fingerprint density at radius 2 is 1.97 bits per heavy atom. The topological polar surface area (TPSA) is 99.5 Å². The lowest BCUT2D eigenvalue weighted by atomic mass is 10.3. The molecule has 3 rings (SSSR count). The maximum Gasteiger partial charge on any atom is 0.262 e. The van der Waals surface area contributed by atoms with E-state index in [2.05, 4.69) is 29.2 Å². The van der Waals surface area contributed by atoms with Crippen LogP contribution in [0.4, 0.5) is 17.6 Å². The third-order valence-corrected chi connectivity index (χ3v) is 4.94. The zero-order chi connectivity index (χ0) is 22.5. The Hall–Kier alpha value is -2.98. The number of pyridine rings is 1. The highest BCUT2D eigenvalue weighted by Gasteiger charge is 2.23. The first-order valence-corrected chi connectivity index (χ1v) is 10.2. The molecule has 0 unspecified atom stereocenters. The van der Waals surface area contributed by atoms with Crippen LogP contribution in [0, 0.1) is 6.92 Å². The molecule has 0 aliphatic heterocycles. The molecule has 0 saturated carbocycles. The summed E-state index contributed by atoms with van der Waals surface area (Å²) in [5.74, 6) is 2.21. The molecule has 0 amide bonds.